The van der Waals surface area contributed by atoms with Crippen LogP contribution in [0, 0.1) is 0 Å². The van der Waals surface area contributed by atoms with Crippen molar-refractivity contribution < 1.29 is 17.4 Å². The van der Waals surface area contributed by atoms with Gasteiger partial charge in [0.25, 0.3) is 0 Å². The molecule has 1 aliphatic rings. The summed E-state index contributed by atoms with van der Waals surface area (Å²) in [5, 5.41) is 1.95. The first kappa shape index (κ1) is 17.6. The molecule has 0 unspecified atom stereocenters. The molecule has 0 atom stereocenters. The number of benzene rings is 3. The summed E-state index contributed by atoms with van der Waals surface area (Å²) < 4.78 is 0. The molecule has 1 aromatic heterocycles. The van der Waals surface area contributed by atoms with Crippen LogP contribution in [0.25, 0.3) is 22.0 Å². The molecule has 0 radical (unpaired) electrons. The van der Waals surface area contributed by atoms with Gasteiger partial charge in [-0.1, -0.05) is 54.1 Å². The summed E-state index contributed by atoms with van der Waals surface area (Å²) in [6, 6.07) is 24.8. The standard InChI is InChI=1S/C23H15ClN2.ClH/c24-16-11-9-15(10-12-16)23(19-13-25-21-7-3-1-5-17(19)21)20-14-26-22-8-4-2-6-18(20)22;/h1-14,25H;1H. The molecule has 3 aromatic carbocycles. The van der Waals surface area contributed by atoms with E-state index in [9.17, 15) is 0 Å². The molecule has 27 heavy (non-hydrogen) atoms. The molecule has 132 valence electrons. The minimum Gasteiger partial charge on any atom is -1.00 e. The Balaban J connectivity index is 0.00000180. The number of nitrogens with one attached hydrogen (secondary N) is 2. The Bertz CT molecular complexity index is 1180. The molecule has 0 spiro atoms. The second-order valence-electron chi connectivity index (χ2n) is 6.38. The van der Waals surface area contributed by atoms with Crippen LogP contribution in [0.4, 0.5) is 5.69 Å². The predicted molar refractivity (Wildman–Crippen MR) is 109 cm³/mol. The second kappa shape index (κ2) is 7.07. The third-order valence-electron chi connectivity index (χ3n) is 4.85. The molecule has 0 aliphatic carbocycles. The third kappa shape index (κ3) is 2.97. The highest BCUT2D eigenvalue weighted by atomic mass is 35.5. The van der Waals surface area contributed by atoms with Crippen LogP contribution in [0.3, 0.4) is 0 Å². The Labute approximate surface area is 168 Å². The van der Waals surface area contributed by atoms with E-state index in [1.807, 2.05) is 12.1 Å². The van der Waals surface area contributed by atoms with Crippen molar-refractivity contribution in [3.05, 3.63) is 101 Å². The van der Waals surface area contributed by atoms with Crippen LogP contribution >= 0.6 is 11.6 Å². The number of aromatic amines is 1. The normalized spacial score (nSPS) is 14.1. The summed E-state index contributed by atoms with van der Waals surface area (Å²) >= 11 is 6.13. The number of rotatable bonds is 2. The number of hydrogen-bond donors (Lipinski definition) is 2. The zero-order chi connectivity index (χ0) is 17.5. The lowest BCUT2D eigenvalue weighted by Crippen LogP contribution is -3.00. The number of fused-ring (bicyclic) bond motifs is 2. The summed E-state index contributed by atoms with van der Waals surface area (Å²) in [5.74, 6) is 0. The Kier molecular flexibility index (Phi) is 4.61. The van der Waals surface area contributed by atoms with Crippen LogP contribution in [0.2, 0.25) is 5.02 Å². The van der Waals surface area contributed by atoms with Gasteiger partial charge in [0.2, 0.25) is 5.69 Å². The first-order valence-corrected chi connectivity index (χ1v) is 8.95. The van der Waals surface area contributed by atoms with Gasteiger partial charge in [0.15, 0.2) is 6.21 Å². The lowest BCUT2D eigenvalue weighted by Gasteiger charge is -2.10. The maximum Gasteiger partial charge on any atom is 0.211 e. The van der Waals surface area contributed by atoms with E-state index in [-0.39, 0.29) is 12.4 Å². The molecule has 2 heterocycles. The summed E-state index contributed by atoms with van der Waals surface area (Å²) in [7, 11) is 0. The maximum absolute atomic E-state index is 6.13. The van der Waals surface area contributed by atoms with Crippen LogP contribution in [0.5, 0.6) is 0 Å². The fourth-order valence-electron chi connectivity index (χ4n) is 3.63. The van der Waals surface area contributed by atoms with E-state index in [1.165, 1.54) is 27.7 Å². The number of H-pyrrole nitrogens is 1. The maximum atomic E-state index is 6.13. The van der Waals surface area contributed by atoms with E-state index in [0.29, 0.717) is 0 Å². The number of hydrogen-bond acceptors (Lipinski definition) is 0. The van der Waals surface area contributed by atoms with Gasteiger partial charge in [-0.15, -0.1) is 0 Å². The molecule has 2 nitrogen and oxygen atoms in total. The monoisotopic (exact) mass is 390 g/mol. The molecule has 0 saturated heterocycles. The van der Waals surface area contributed by atoms with Crippen molar-refractivity contribution in [1.29, 1.82) is 0 Å². The lowest BCUT2D eigenvalue weighted by atomic mass is 9.90. The molecular weight excluding hydrogens is 375 g/mol. The van der Waals surface area contributed by atoms with Crippen molar-refractivity contribution in [3.63, 3.8) is 0 Å². The second-order valence-corrected chi connectivity index (χ2v) is 6.81. The average molecular weight is 391 g/mol. The van der Waals surface area contributed by atoms with Gasteiger partial charge in [0.05, 0.1) is 11.1 Å². The summed E-state index contributed by atoms with van der Waals surface area (Å²) in [6.07, 6.45) is 4.19. The molecule has 1 aliphatic heterocycles. The number of aromatic nitrogens is 1. The number of halogens is 2. The first-order chi connectivity index (χ1) is 12.8. The van der Waals surface area contributed by atoms with Crippen molar-refractivity contribution in [2.24, 2.45) is 0 Å². The van der Waals surface area contributed by atoms with E-state index >= 15 is 0 Å². The molecule has 4 heteroatoms. The van der Waals surface area contributed by atoms with E-state index in [1.54, 1.807) is 0 Å². The molecule has 0 bridgehead atoms. The van der Waals surface area contributed by atoms with Crippen molar-refractivity contribution in [1.82, 2.24) is 4.98 Å². The minimum absolute atomic E-state index is 0. The molecule has 5 rings (SSSR count). The average Bonchev–Trinajstić information content (AvgIpc) is 3.29. The van der Waals surface area contributed by atoms with Crippen LogP contribution in [0.15, 0.2) is 79.0 Å². The SMILES string of the molecule is Clc1ccc(C(=C2C=[NH+]c3ccccc32)c2c[nH]c3ccccc23)cc1.[Cl-]. The largest absolute Gasteiger partial charge is 1.00 e. The van der Waals surface area contributed by atoms with Crippen molar-refractivity contribution in [2.75, 3.05) is 0 Å². The molecular formula is C23H16Cl2N2. The van der Waals surface area contributed by atoms with Gasteiger partial charge in [-0.05, 0) is 29.8 Å². The van der Waals surface area contributed by atoms with E-state index in [0.717, 1.165) is 21.8 Å². The highest BCUT2D eigenvalue weighted by molar-refractivity contribution is 6.30. The third-order valence-corrected chi connectivity index (χ3v) is 5.10. The Hall–Kier alpha value is -2.81. The van der Waals surface area contributed by atoms with E-state index in [2.05, 4.69) is 83.1 Å². The smallest absolute Gasteiger partial charge is 0.211 e. The lowest BCUT2D eigenvalue weighted by molar-refractivity contribution is -0.342. The van der Waals surface area contributed by atoms with Gasteiger partial charge < -0.3 is 17.4 Å². The fourth-order valence-corrected chi connectivity index (χ4v) is 3.76. The van der Waals surface area contributed by atoms with Crippen LogP contribution < -0.4 is 17.4 Å². The van der Waals surface area contributed by atoms with Crippen LogP contribution in [-0.2, 0) is 0 Å². The Morgan fingerprint density at radius 1 is 0.852 bits per heavy atom. The highest BCUT2D eigenvalue weighted by Gasteiger charge is 2.24. The summed E-state index contributed by atoms with van der Waals surface area (Å²) in [5.41, 5.74) is 8.19. The van der Waals surface area contributed by atoms with Gasteiger partial charge in [-0.3, -0.25) is 0 Å². The van der Waals surface area contributed by atoms with E-state index in [4.69, 9.17) is 11.6 Å². The van der Waals surface area contributed by atoms with Crippen molar-refractivity contribution in [3.8, 4) is 0 Å². The van der Waals surface area contributed by atoms with Crippen molar-refractivity contribution in [2.45, 2.75) is 0 Å². The van der Waals surface area contributed by atoms with E-state index < -0.39 is 0 Å². The molecule has 0 saturated carbocycles. The number of allylic oxidation sites excluding steroid dienone is 1. The van der Waals surface area contributed by atoms with Gasteiger partial charge in [-0.25, -0.2) is 4.99 Å². The van der Waals surface area contributed by atoms with Gasteiger partial charge in [0, 0.05) is 39.3 Å². The van der Waals surface area contributed by atoms with Gasteiger partial charge >= 0.3 is 0 Å². The molecule has 0 amide bonds. The first-order valence-electron chi connectivity index (χ1n) is 8.57. The quantitative estimate of drug-likeness (QED) is 0.520. The molecule has 0 fully saturated rings. The van der Waals surface area contributed by atoms with Gasteiger partial charge in [0.1, 0.15) is 0 Å². The summed E-state index contributed by atoms with van der Waals surface area (Å²) in [4.78, 5) is 6.81. The Morgan fingerprint density at radius 3 is 2.44 bits per heavy atom. The minimum atomic E-state index is 0. The fraction of sp³-hybridized carbons (Fsp3) is 0. The zero-order valence-corrected chi connectivity index (χ0v) is 15.9. The number of para-hydroxylation sites is 2. The zero-order valence-electron chi connectivity index (χ0n) is 14.3. The molecule has 2 N–H and O–H groups in total. The highest BCUT2D eigenvalue weighted by Crippen LogP contribution is 2.37. The van der Waals surface area contributed by atoms with Gasteiger partial charge in [-0.2, -0.15) is 0 Å². The predicted octanol–water partition coefficient (Wildman–Crippen LogP) is 1.58. The molecule has 4 aromatic rings. The topological polar surface area (TPSA) is 29.8 Å². The van der Waals surface area contributed by atoms with Crippen LogP contribution in [0.1, 0.15) is 16.7 Å². The Morgan fingerprint density at radius 2 is 1.59 bits per heavy atom. The summed E-state index contributed by atoms with van der Waals surface area (Å²) in [6.45, 7) is 0. The van der Waals surface area contributed by atoms with Crippen molar-refractivity contribution >= 4 is 45.6 Å². The van der Waals surface area contributed by atoms with Crippen LogP contribution in [-0.4, -0.2) is 11.2 Å².